The predicted octanol–water partition coefficient (Wildman–Crippen LogP) is 2.51. The minimum absolute atomic E-state index is 0. The maximum Gasteiger partial charge on any atom is 0.325 e. The highest BCUT2D eigenvalue weighted by atomic mass is 35.5. The van der Waals surface area contributed by atoms with Gasteiger partial charge >= 0.3 is 5.97 Å². The van der Waals surface area contributed by atoms with Crippen LogP contribution in [0.25, 0.3) is 0 Å². The van der Waals surface area contributed by atoms with Crippen molar-refractivity contribution in [2.45, 2.75) is 24.3 Å². The van der Waals surface area contributed by atoms with Crippen molar-refractivity contribution in [3.05, 3.63) is 34.9 Å². The summed E-state index contributed by atoms with van der Waals surface area (Å²) in [5, 5.41) is 0.736. The molecule has 0 amide bonds. The smallest absolute Gasteiger partial charge is 0.325 e. The molecule has 0 radical (unpaired) electrons. The summed E-state index contributed by atoms with van der Waals surface area (Å²) < 4.78 is 4.67. The summed E-state index contributed by atoms with van der Waals surface area (Å²) in [4.78, 5) is 11.4. The van der Waals surface area contributed by atoms with E-state index in [-0.39, 0.29) is 24.3 Å². The zero-order valence-corrected chi connectivity index (χ0v) is 11.1. The van der Waals surface area contributed by atoms with Crippen molar-refractivity contribution in [3.63, 3.8) is 0 Å². The van der Waals surface area contributed by atoms with E-state index in [1.165, 1.54) is 7.11 Å². The first-order valence-corrected chi connectivity index (χ1v) is 5.56. The van der Waals surface area contributed by atoms with Crippen LogP contribution in [-0.4, -0.2) is 18.6 Å². The van der Waals surface area contributed by atoms with Crippen LogP contribution < -0.4 is 5.73 Å². The molecule has 1 aliphatic carbocycles. The molecule has 1 aromatic carbocycles. The summed E-state index contributed by atoms with van der Waals surface area (Å²) in [5.74, 6) is -0.0754. The topological polar surface area (TPSA) is 52.3 Å². The first-order valence-electron chi connectivity index (χ1n) is 5.18. The molecule has 0 saturated heterocycles. The van der Waals surface area contributed by atoms with Crippen LogP contribution in [0.3, 0.4) is 0 Å². The van der Waals surface area contributed by atoms with Crippen LogP contribution in [0.4, 0.5) is 0 Å². The third-order valence-corrected chi connectivity index (χ3v) is 3.50. The molecular formula is C12H15Cl2NO2. The monoisotopic (exact) mass is 275 g/mol. The number of carbonyl (C=O) groups is 1. The van der Waals surface area contributed by atoms with E-state index in [0.29, 0.717) is 12.8 Å². The van der Waals surface area contributed by atoms with E-state index in [1.54, 1.807) is 0 Å². The summed E-state index contributed by atoms with van der Waals surface area (Å²) in [7, 11) is 1.36. The molecule has 1 saturated carbocycles. The zero-order chi connectivity index (χ0) is 11.8. The van der Waals surface area contributed by atoms with Gasteiger partial charge in [0.2, 0.25) is 0 Å². The number of ether oxygens (including phenoxy) is 1. The number of nitrogens with two attached hydrogens (primary N) is 1. The Morgan fingerprint density at radius 2 is 2.06 bits per heavy atom. The second-order valence-corrected chi connectivity index (χ2v) is 4.68. The molecule has 5 heteroatoms. The molecule has 0 atom stereocenters. The average Bonchev–Trinajstić information content (AvgIpc) is 2.25. The standard InChI is InChI=1S/C12H14ClNO2.ClH/c1-16-11(15)12(14)6-8(7-12)9-4-2-3-5-10(9)13;/h2-5,8H,6-7,14H2,1H3;1H. The molecule has 2 rings (SSSR count). The maximum absolute atomic E-state index is 11.4. The fourth-order valence-corrected chi connectivity index (χ4v) is 2.51. The third-order valence-electron chi connectivity index (χ3n) is 3.16. The van der Waals surface area contributed by atoms with E-state index in [0.717, 1.165) is 10.6 Å². The van der Waals surface area contributed by atoms with E-state index >= 15 is 0 Å². The molecule has 0 heterocycles. The first kappa shape index (κ1) is 14.3. The van der Waals surface area contributed by atoms with Crippen LogP contribution in [0, 0.1) is 0 Å². The largest absolute Gasteiger partial charge is 0.468 e. The second kappa shape index (κ2) is 5.25. The van der Waals surface area contributed by atoms with Crippen molar-refractivity contribution in [1.82, 2.24) is 0 Å². The van der Waals surface area contributed by atoms with Gasteiger partial charge in [-0.15, -0.1) is 12.4 Å². The Balaban J connectivity index is 0.00000144. The molecule has 2 N–H and O–H groups in total. The highest BCUT2D eigenvalue weighted by molar-refractivity contribution is 6.31. The van der Waals surface area contributed by atoms with Gasteiger partial charge in [0, 0.05) is 5.02 Å². The van der Waals surface area contributed by atoms with Crippen molar-refractivity contribution >= 4 is 30.0 Å². The fraction of sp³-hybridized carbons (Fsp3) is 0.417. The Bertz CT molecular complexity index is 417. The number of rotatable bonds is 2. The zero-order valence-electron chi connectivity index (χ0n) is 9.48. The quantitative estimate of drug-likeness (QED) is 0.844. The predicted molar refractivity (Wildman–Crippen MR) is 69.6 cm³/mol. The number of hydrogen-bond acceptors (Lipinski definition) is 3. The molecule has 0 bridgehead atoms. The minimum Gasteiger partial charge on any atom is -0.468 e. The molecule has 1 aromatic rings. The Labute approximate surface area is 112 Å². The van der Waals surface area contributed by atoms with Crippen molar-refractivity contribution < 1.29 is 9.53 Å². The maximum atomic E-state index is 11.4. The fourth-order valence-electron chi connectivity index (χ4n) is 2.22. The van der Waals surface area contributed by atoms with E-state index in [4.69, 9.17) is 17.3 Å². The Hall–Kier alpha value is -0.770. The molecule has 3 nitrogen and oxygen atoms in total. The number of halogens is 2. The number of methoxy groups -OCH3 is 1. The van der Waals surface area contributed by atoms with Crippen LogP contribution in [0.1, 0.15) is 24.3 Å². The molecule has 0 spiro atoms. The summed E-state index contributed by atoms with van der Waals surface area (Å²) in [6.07, 6.45) is 1.20. The Morgan fingerprint density at radius 1 is 1.47 bits per heavy atom. The minimum atomic E-state index is -0.821. The summed E-state index contributed by atoms with van der Waals surface area (Å²) in [5.41, 5.74) is 6.16. The summed E-state index contributed by atoms with van der Waals surface area (Å²) in [6, 6.07) is 7.66. The molecule has 0 aliphatic heterocycles. The number of hydrogen-bond donors (Lipinski definition) is 1. The van der Waals surface area contributed by atoms with Crippen LogP contribution >= 0.6 is 24.0 Å². The molecule has 1 fully saturated rings. The van der Waals surface area contributed by atoms with Crippen LogP contribution in [0.5, 0.6) is 0 Å². The van der Waals surface area contributed by atoms with E-state index in [2.05, 4.69) is 4.74 Å². The van der Waals surface area contributed by atoms with Gasteiger partial charge in [-0.2, -0.15) is 0 Å². The molecular weight excluding hydrogens is 261 g/mol. The van der Waals surface area contributed by atoms with E-state index in [1.807, 2.05) is 24.3 Å². The van der Waals surface area contributed by atoms with E-state index in [9.17, 15) is 4.79 Å². The molecule has 94 valence electrons. The van der Waals surface area contributed by atoms with Gasteiger partial charge in [-0.3, -0.25) is 4.79 Å². The van der Waals surface area contributed by atoms with Gasteiger partial charge in [-0.1, -0.05) is 29.8 Å². The lowest BCUT2D eigenvalue weighted by Gasteiger charge is -2.42. The SMILES string of the molecule is COC(=O)C1(N)CC(c2ccccc2Cl)C1.Cl. The average molecular weight is 276 g/mol. The van der Waals surface area contributed by atoms with Crippen molar-refractivity contribution in [1.29, 1.82) is 0 Å². The van der Waals surface area contributed by atoms with Crippen molar-refractivity contribution in [2.75, 3.05) is 7.11 Å². The number of benzene rings is 1. The highest BCUT2D eigenvalue weighted by Crippen LogP contribution is 2.45. The van der Waals surface area contributed by atoms with Crippen LogP contribution in [0.2, 0.25) is 5.02 Å². The second-order valence-electron chi connectivity index (χ2n) is 4.27. The molecule has 0 aromatic heterocycles. The number of carbonyl (C=O) groups excluding carboxylic acids is 1. The van der Waals surface area contributed by atoms with Gasteiger partial charge in [0.25, 0.3) is 0 Å². The van der Waals surface area contributed by atoms with Gasteiger partial charge in [0.1, 0.15) is 5.54 Å². The molecule has 0 unspecified atom stereocenters. The van der Waals surface area contributed by atoms with Crippen molar-refractivity contribution in [2.24, 2.45) is 5.73 Å². The van der Waals surface area contributed by atoms with Gasteiger partial charge in [-0.25, -0.2) is 0 Å². The number of esters is 1. The van der Waals surface area contributed by atoms with Crippen LogP contribution in [0.15, 0.2) is 24.3 Å². The Morgan fingerprint density at radius 3 is 2.59 bits per heavy atom. The first-order chi connectivity index (χ1) is 7.57. The third kappa shape index (κ3) is 2.57. The lowest BCUT2D eigenvalue weighted by molar-refractivity contribution is -0.151. The lowest BCUT2D eigenvalue weighted by Crippen LogP contribution is -2.57. The van der Waals surface area contributed by atoms with Gasteiger partial charge < -0.3 is 10.5 Å². The highest BCUT2D eigenvalue weighted by Gasteiger charge is 2.48. The summed E-state index contributed by atoms with van der Waals surface area (Å²) >= 11 is 6.08. The van der Waals surface area contributed by atoms with Crippen molar-refractivity contribution in [3.8, 4) is 0 Å². The Kier molecular flexibility index (Phi) is 4.42. The van der Waals surface area contributed by atoms with Gasteiger partial charge in [0.15, 0.2) is 0 Å². The van der Waals surface area contributed by atoms with Crippen LogP contribution in [-0.2, 0) is 9.53 Å². The molecule has 17 heavy (non-hydrogen) atoms. The summed E-state index contributed by atoms with van der Waals surface area (Å²) in [6.45, 7) is 0. The lowest BCUT2D eigenvalue weighted by atomic mass is 9.66. The normalized spacial score (nSPS) is 26.6. The van der Waals surface area contributed by atoms with Gasteiger partial charge in [0.05, 0.1) is 7.11 Å². The van der Waals surface area contributed by atoms with Gasteiger partial charge in [-0.05, 0) is 30.4 Å². The van der Waals surface area contributed by atoms with E-state index < -0.39 is 5.54 Å². The molecule has 1 aliphatic rings.